The van der Waals surface area contributed by atoms with Crippen molar-refractivity contribution in [3.05, 3.63) is 24.5 Å². The molecule has 3 N–H and O–H groups in total. The average Bonchev–Trinajstić information content (AvgIpc) is 3.09. The third-order valence-corrected chi connectivity index (χ3v) is 5.51. The predicted octanol–water partition coefficient (Wildman–Crippen LogP) is 0.534. The minimum absolute atomic E-state index is 0.0347. The van der Waals surface area contributed by atoms with E-state index in [0.29, 0.717) is 19.0 Å². The van der Waals surface area contributed by atoms with Crippen molar-refractivity contribution in [3.8, 4) is 0 Å². The zero-order valence-corrected chi connectivity index (χ0v) is 18.1. The van der Waals surface area contributed by atoms with Crippen LogP contribution in [-0.2, 0) is 14.8 Å². The normalized spacial score (nSPS) is 17.9. The van der Waals surface area contributed by atoms with Crippen LogP contribution in [0.5, 0.6) is 0 Å². The number of sulfonamides is 1. The van der Waals surface area contributed by atoms with Gasteiger partial charge in [-0.15, -0.1) is 0 Å². The molecule has 0 bridgehead atoms. The number of carbonyl (C=O) groups is 1. The quantitative estimate of drug-likeness (QED) is 0.344. The summed E-state index contributed by atoms with van der Waals surface area (Å²) in [6.45, 7) is 7.35. The first kappa shape index (κ1) is 22.9. The highest BCUT2D eigenvalue weighted by Gasteiger charge is 2.27. The number of amides is 1. The molecule has 1 aromatic rings. The highest BCUT2D eigenvalue weighted by atomic mass is 32.2. The molecule has 1 atom stereocenters. The van der Waals surface area contributed by atoms with Crippen molar-refractivity contribution < 1.29 is 17.9 Å². The topological polar surface area (TPSA) is 125 Å². The summed E-state index contributed by atoms with van der Waals surface area (Å²) in [5.74, 6) is 0.652. The Morgan fingerprint density at radius 1 is 1.38 bits per heavy atom. The molecule has 1 saturated heterocycles. The maximum atomic E-state index is 12.2. The zero-order chi connectivity index (χ0) is 21.5. The van der Waals surface area contributed by atoms with Gasteiger partial charge in [0.2, 0.25) is 10.0 Å². The molecular formula is C18H30N6O4S. The fourth-order valence-corrected chi connectivity index (χ4v) is 3.82. The third kappa shape index (κ3) is 7.50. The highest BCUT2D eigenvalue weighted by Crippen LogP contribution is 2.12. The van der Waals surface area contributed by atoms with Gasteiger partial charge in [-0.3, -0.25) is 9.98 Å². The molecule has 0 aromatic carbocycles. The van der Waals surface area contributed by atoms with E-state index in [9.17, 15) is 13.2 Å². The summed E-state index contributed by atoms with van der Waals surface area (Å²) in [6.07, 6.45) is 3.16. The van der Waals surface area contributed by atoms with Gasteiger partial charge in [-0.1, -0.05) is 0 Å². The first-order valence-corrected chi connectivity index (χ1v) is 10.9. The van der Waals surface area contributed by atoms with Crippen LogP contribution in [0.15, 0.2) is 34.4 Å². The summed E-state index contributed by atoms with van der Waals surface area (Å²) in [7, 11) is -1.93. The molecular weight excluding hydrogens is 396 g/mol. The van der Waals surface area contributed by atoms with Gasteiger partial charge in [0.25, 0.3) is 0 Å². The molecule has 11 heteroatoms. The van der Waals surface area contributed by atoms with Crippen molar-refractivity contribution in [2.75, 3.05) is 33.2 Å². The minimum atomic E-state index is -3.59. The minimum Gasteiger partial charge on any atom is -0.444 e. The molecule has 0 saturated carbocycles. The van der Waals surface area contributed by atoms with E-state index in [1.165, 1.54) is 18.5 Å². The van der Waals surface area contributed by atoms with Gasteiger partial charge >= 0.3 is 6.09 Å². The van der Waals surface area contributed by atoms with Crippen LogP contribution >= 0.6 is 0 Å². The molecule has 162 valence electrons. The average molecular weight is 427 g/mol. The van der Waals surface area contributed by atoms with Gasteiger partial charge in [-0.25, -0.2) is 17.9 Å². The van der Waals surface area contributed by atoms with Gasteiger partial charge in [0.1, 0.15) is 10.5 Å². The van der Waals surface area contributed by atoms with Crippen LogP contribution in [0.3, 0.4) is 0 Å². The predicted molar refractivity (Wildman–Crippen MR) is 110 cm³/mol. The molecule has 1 aliphatic heterocycles. The molecule has 0 aliphatic carbocycles. The Morgan fingerprint density at radius 2 is 2.14 bits per heavy atom. The smallest absolute Gasteiger partial charge is 0.407 e. The largest absolute Gasteiger partial charge is 0.444 e. The van der Waals surface area contributed by atoms with Gasteiger partial charge in [0.05, 0.1) is 6.04 Å². The standard InChI is InChI=1S/C18H30N6O4S/c1-18(2,3)28-17(25)23-14-7-11-24(13-14)16(19-4)21-9-10-22-29(26,27)15-6-5-8-20-12-15/h5-6,8,12,14,22H,7,9-11,13H2,1-4H3,(H,19,21)(H,23,25). The number of alkyl carbamates (subject to hydrolysis) is 1. The Bertz CT molecular complexity index is 807. The van der Waals surface area contributed by atoms with Crippen molar-refractivity contribution >= 4 is 22.1 Å². The molecule has 2 heterocycles. The number of aromatic nitrogens is 1. The zero-order valence-electron chi connectivity index (χ0n) is 17.3. The number of likely N-dealkylation sites (tertiary alicyclic amines) is 1. The lowest BCUT2D eigenvalue weighted by Gasteiger charge is -2.23. The summed E-state index contributed by atoms with van der Waals surface area (Å²) in [5, 5.41) is 6.00. The van der Waals surface area contributed by atoms with Crippen molar-refractivity contribution in [1.82, 2.24) is 25.2 Å². The van der Waals surface area contributed by atoms with Gasteiger partial charge in [0, 0.05) is 45.6 Å². The number of guanidine groups is 1. The molecule has 1 unspecified atom stereocenters. The molecule has 0 spiro atoms. The molecule has 29 heavy (non-hydrogen) atoms. The summed E-state index contributed by atoms with van der Waals surface area (Å²) in [6, 6.07) is 3.03. The van der Waals surface area contributed by atoms with Gasteiger partial charge in [-0.2, -0.15) is 0 Å². The number of carbonyl (C=O) groups excluding carboxylic acids is 1. The second-order valence-corrected chi connectivity index (χ2v) is 9.41. The monoisotopic (exact) mass is 426 g/mol. The Labute approximate surface area is 172 Å². The molecule has 2 rings (SSSR count). The van der Waals surface area contributed by atoms with E-state index in [-0.39, 0.29) is 17.5 Å². The van der Waals surface area contributed by atoms with Crippen LogP contribution in [0.2, 0.25) is 0 Å². The number of nitrogens with zero attached hydrogens (tertiary/aromatic N) is 3. The van der Waals surface area contributed by atoms with E-state index < -0.39 is 21.7 Å². The van der Waals surface area contributed by atoms with Crippen LogP contribution in [0, 0.1) is 0 Å². The van der Waals surface area contributed by atoms with Crippen LogP contribution in [0.1, 0.15) is 27.2 Å². The lowest BCUT2D eigenvalue weighted by atomic mass is 10.2. The molecule has 0 radical (unpaired) electrons. The number of pyridine rings is 1. The number of hydrogen-bond acceptors (Lipinski definition) is 6. The number of rotatable bonds is 6. The van der Waals surface area contributed by atoms with Crippen molar-refractivity contribution in [1.29, 1.82) is 0 Å². The first-order valence-electron chi connectivity index (χ1n) is 9.45. The molecule has 1 aliphatic rings. The number of hydrogen-bond donors (Lipinski definition) is 3. The second-order valence-electron chi connectivity index (χ2n) is 7.64. The number of aliphatic imine (C=N–C) groups is 1. The van der Waals surface area contributed by atoms with Crippen LogP contribution in [0.25, 0.3) is 0 Å². The van der Waals surface area contributed by atoms with E-state index in [1.54, 1.807) is 13.1 Å². The Kier molecular flexibility index (Phi) is 7.80. The number of ether oxygens (including phenoxy) is 1. The lowest BCUT2D eigenvalue weighted by molar-refractivity contribution is 0.0507. The van der Waals surface area contributed by atoms with E-state index in [0.717, 1.165) is 13.0 Å². The molecule has 10 nitrogen and oxygen atoms in total. The SMILES string of the molecule is CN=C(NCCNS(=O)(=O)c1cccnc1)N1CCC(NC(=O)OC(C)(C)C)C1. The Balaban J connectivity index is 1.76. The lowest BCUT2D eigenvalue weighted by Crippen LogP contribution is -2.45. The van der Waals surface area contributed by atoms with E-state index in [2.05, 4.69) is 25.3 Å². The van der Waals surface area contributed by atoms with Gasteiger partial charge in [0.15, 0.2) is 5.96 Å². The second kappa shape index (κ2) is 9.88. The molecule has 1 aromatic heterocycles. The van der Waals surface area contributed by atoms with Gasteiger partial charge in [-0.05, 0) is 39.3 Å². The number of nitrogens with one attached hydrogen (secondary N) is 3. The van der Waals surface area contributed by atoms with Gasteiger partial charge < -0.3 is 20.3 Å². The fraction of sp³-hybridized carbons (Fsp3) is 0.611. The van der Waals surface area contributed by atoms with E-state index >= 15 is 0 Å². The van der Waals surface area contributed by atoms with Crippen molar-refractivity contribution in [3.63, 3.8) is 0 Å². The van der Waals surface area contributed by atoms with E-state index in [4.69, 9.17) is 4.74 Å². The fourth-order valence-electron chi connectivity index (χ4n) is 2.83. The Hall–Kier alpha value is -2.40. The van der Waals surface area contributed by atoms with Crippen molar-refractivity contribution in [2.45, 2.75) is 43.7 Å². The maximum absolute atomic E-state index is 12.2. The highest BCUT2D eigenvalue weighted by molar-refractivity contribution is 7.89. The summed E-state index contributed by atoms with van der Waals surface area (Å²) < 4.78 is 32.2. The summed E-state index contributed by atoms with van der Waals surface area (Å²) >= 11 is 0. The first-order chi connectivity index (χ1) is 13.6. The van der Waals surface area contributed by atoms with Crippen LogP contribution < -0.4 is 15.4 Å². The molecule has 1 amide bonds. The summed E-state index contributed by atoms with van der Waals surface area (Å²) in [4.78, 5) is 22.1. The maximum Gasteiger partial charge on any atom is 0.407 e. The Morgan fingerprint density at radius 3 is 2.76 bits per heavy atom. The van der Waals surface area contributed by atoms with Crippen LogP contribution in [0.4, 0.5) is 4.79 Å². The molecule has 1 fully saturated rings. The third-order valence-electron chi connectivity index (χ3n) is 4.07. The van der Waals surface area contributed by atoms with E-state index in [1.807, 2.05) is 25.7 Å². The van der Waals surface area contributed by atoms with Crippen LogP contribution in [-0.4, -0.2) is 75.2 Å². The summed E-state index contributed by atoms with van der Waals surface area (Å²) in [5.41, 5.74) is -0.539. The van der Waals surface area contributed by atoms with Crippen molar-refractivity contribution in [2.24, 2.45) is 4.99 Å².